The molecule has 0 radical (unpaired) electrons. The summed E-state index contributed by atoms with van der Waals surface area (Å²) in [7, 11) is 0. The van der Waals surface area contributed by atoms with Crippen LogP contribution in [0.4, 0.5) is 0 Å². The van der Waals surface area contributed by atoms with Crippen LogP contribution in [-0.2, 0) is 0 Å². The Bertz CT molecular complexity index is 333. The van der Waals surface area contributed by atoms with Crippen LogP contribution in [0.15, 0.2) is 6.07 Å². The molecule has 12 heavy (non-hydrogen) atoms. The zero-order valence-electron chi connectivity index (χ0n) is 6.83. The third-order valence-corrected chi connectivity index (χ3v) is 1.53. The molecule has 0 bridgehead atoms. The van der Waals surface area contributed by atoms with Crippen LogP contribution in [0.25, 0.3) is 0 Å². The highest BCUT2D eigenvalue weighted by Crippen LogP contribution is 2.20. The molecule has 64 valence electrons. The normalized spacial score (nSPS) is 9.83. The van der Waals surface area contributed by atoms with Crippen molar-refractivity contribution in [2.75, 3.05) is 0 Å². The van der Waals surface area contributed by atoms with Crippen molar-refractivity contribution in [1.82, 2.24) is 4.98 Å². The Morgan fingerprint density at radius 3 is 2.58 bits per heavy atom. The Kier molecular flexibility index (Phi) is 1.99. The number of aromatic hydroxyl groups is 1. The summed E-state index contributed by atoms with van der Waals surface area (Å²) in [5.41, 5.74) is 0.829. The van der Waals surface area contributed by atoms with Crippen molar-refractivity contribution < 1.29 is 15.0 Å². The van der Waals surface area contributed by atoms with Crippen molar-refractivity contribution in [3.8, 4) is 5.75 Å². The van der Waals surface area contributed by atoms with Crippen LogP contribution in [-0.4, -0.2) is 21.2 Å². The predicted octanol–water partition coefficient (Wildman–Crippen LogP) is 1.10. The van der Waals surface area contributed by atoms with E-state index in [1.807, 2.05) is 0 Å². The SMILES string of the molecule is Cc1cc(C(=O)O)c(O)c(C)n1. The van der Waals surface area contributed by atoms with E-state index >= 15 is 0 Å². The van der Waals surface area contributed by atoms with Gasteiger partial charge in [-0.1, -0.05) is 0 Å². The maximum Gasteiger partial charge on any atom is 0.339 e. The van der Waals surface area contributed by atoms with E-state index in [2.05, 4.69) is 4.98 Å². The molecule has 1 rings (SSSR count). The van der Waals surface area contributed by atoms with Crippen molar-refractivity contribution in [2.45, 2.75) is 13.8 Å². The lowest BCUT2D eigenvalue weighted by Crippen LogP contribution is -2.00. The zero-order chi connectivity index (χ0) is 9.30. The second-order valence-electron chi connectivity index (χ2n) is 2.55. The second kappa shape index (κ2) is 2.81. The van der Waals surface area contributed by atoms with E-state index in [1.54, 1.807) is 13.8 Å². The van der Waals surface area contributed by atoms with Gasteiger partial charge in [-0.05, 0) is 19.9 Å². The van der Waals surface area contributed by atoms with Gasteiger partial charge in [0.1, 0.15) is 5.56 Å². The first-order valence-corrected chi connectivity index (χ1v) is 3.43. The molecule has 1 heterocycles. The van der Waals surface area contributed by atoms with Gasteiger partial charge in [0.05, 0.1) is 5.69 Å². The molecule has 0 aliphatic rings. The van der Waals surface area contributed by atoms with Gasteiger partial charge in [-0.2, -0.15) is 0 Å². The van der Waals surface area contributed by atoms with E-state index in [-0.39, 0.29) is 11.3 Å². The van der Waals surface area contributed by atoms with Gasteiger partial charge in [-0.25, -0.2) is 4.79 Å². The number of hydrogen-bond acceptors (Lipinski definition) is 3. The standard InChI is InChI=1S/C8H9NO3/c1-4-3-6(8(11)12)7(10)5(2)9-4/h3,10H,1-2H3,(H,11,12). The summed E-state index contributed by atoms with van der Waals surface area (Å²) in [6.45, 7) is 3.24. The van der Waals surface area contributed by atoms with Crippen molar-refractivity contribution >= 4 is 5.97 Å². The number of aromatic nitrogens is 1. The average molecular weight is 167 g/mol. The van der Waals surface area contributed by atoms with Gasteiger partial charge >= 0.3 is 5.97 Å². The number of carboxylic acid groups (broad SMARTS) is 1. The van der Waals surface area contributed by atoms with Gasteiger partial charge in [-0.3, -0.25) is 4.98 Å². The molecule has 4 heteroatoms. The number of rotatable bonds is 1. The molecule has 1 aromatic heterocycles. The van der Waals surface area contributed by atoms with Crippen LogP contribution < -0.4 is 0 Å². The first-order valence-electron chi connectivity index (χ1n) is 3.43. The fourth-order valence-corrected chi connectivity index (χ4v) is 0.985. The molecule has 0 unspecified atom stereocenters. The molecular weight excluding hydrogens is 158 g/mol. The van der Waals surface area contributed by atoms with Crippen LogP contribution in [0.5, 0.6) is 5.75 Å². The fourth-order valence-electron chi connectivity index (χ4n) is 0.985. The van der Waals surface area contributed by atoms with Crippen molar-refractivity contribution in [3.05, 3.63) is 23.0 Å². The largest absolute Gasteiger partial charge is 0.505 e. The molecule has 0 aromatic carbocycles. The van der Waals surface area contributed by atoms with E-state index in [0.717, 1.165) is 0 Å². The lowest BCUT2D eigenvalue weighted by Gasteiger charge is -2.03. The minimum absolute atomic E-state index is 0.0972. The van der Waals surface area contributed by atoms with Crippen LogP contribution in [0.3, 0.4) is 0 Å². The third kappa shape index (κ3) is 1.37. The molecule has 0 saturated heterocycles. The van der Waals surface area contributed by atoms with Crippen LogP contribution in [0.1, 0.15) is 21.7 Å². The van der Waals surface area contributed by atoms with Gasteiger partial charge in [-0.15, -0.1) is 0 Å². The number of pyridine rings is 1. The van der Waals surface area contributed by atoms with Crippen LogP contribution in [0, 0.1) is 13.8 Å². The van der Waals surface area contributed by atoms with E-state index in [4.69, 9.17) is 5.11 Å². The fraction of sp³-hybridized carbons (Fsp3) is 0.250. The van der Waals surface area contributed by atoms with Crippen LogP contribution in [0.2, 0.25) is 0 Å². The molecular formula is C8H9NO3. The smallest absolute Gasteiger partial charge is 0.339 e. The lowest BCUT2D eigenvalue weighted by atomic mass is 10.2. The van der Waals surface area contributed by atoms with E-state index in [9.17, 15) is 9.90 Å². The summed E-state index contributed by atoms with van der Waals surface area (Å²) in [6, 6.07) is 1.34. The molecule has 0 aliphatic carbocycles. The van der Waals surface area contributed by atoms with Gasteiger partial charge in [0, 0.05) is 5.69 Å². The number of nitrogens with zero attached hydrogens (tertiary/aromatic N) is 1. The summed E-state index contributed by atoms with van der Waals surface area (Å²) in [5.74, 6) is -1.39. The van der Waals surface area contributed by atoms with Gasteiger partial charge in [0.15, 0.2) is 5.75 Å². The predicted molar refractivity (Wildman–Crippen MR) is 42.3 cm³/mol. The van der Waals surface area contributed by atoms with E-state index < -0.39 is 5.97 Å². The molecule has 0 spiro atoms. The number of aryl methyl sites for hydroxylation is 2. The molecule has 0 fully saturated rings. The molecule has 1 aromatic rings. The van der Waals surface area contributed by atoms with Crippen molar-refractivity contribution in [2.24, 2.45) is 0 Å². The highest BCUT2D eigenvalue weighted by molar-refractivity contribution is 5.91. The molecule has 2 N–H and O–H groups in total. The Balaban J connectivity index is 3.37. The Morgan fingerprint density at radius 1 is 1.50 bits per heavy atom. The molecule has 0 atom stereocenters. The van der Waals surface area contributed by atoms with Gasteiger partial charge in [0.25, 0.3) is 0 Å². The Morgan fingerprint density at radius 2 is 2.08 bits per heavy atom. The highest BCUT2D eigenvalue weighted by atomic mass is 16.4. The Labute approximate surface area is 69.5 Å². The molecule has 0 amide bonds. The zero-order valence-corrected chi connectivity index (χ0v) is 6.83. The van der Waals surface area contributed by atoms with Crippen molar-refractivity contribution in [3.63, 3.8) is 0 Å². The number of aromatic carboxylic acids is 1. The number of carbonyl (C=O) groups is 1. The van der Waals surface area contributed by atoms with Gasteiger partial charge in [0.2, 0.25) is 0 Å². The summed E-state index contributed by atoms with van der Waals surface area (Å²) in [6.07, 6.45) is 0. The van der Waals surface area contributed by atoms with E-state index in [1.165, 1.54) is 6.07 Å². The lowest BCUT2D eigenvalue weighted by molar-refractivity contribution is 0.0693. The second-order valence-corrected chi connectivity index (χ2v) is 2.55. The monoisotopic (exact) mass is 167 g/mol. The summed E-state index contributed by atoms with van der Waals surface area (Å²) >= 11 is 0. The topological polar surface area (TPSA) is 70.4 Å². The number of carboxylic acids is 1. The first-order chi connectivity index (χ1) is 5.52. The molecule has 0 aliphatic heterocycles. The molecule has 0 saturated carbocycles. The summed E-state index contributed by atoms with van der Waals surface area (Å²) < 4.78 is 0. The minimum Gasteiger partial charge on any atom is -0.505 e. The summed E-state index contributed by atoms with van der Waals surface area (Å²) in [5, 5.41) is 17.9. The van der Waals surface area contributed by atoms with E-state index in [0.29, 0.717) is 11.4 Å². The third-order valence-electron chi connectivity index (χ3n) is 1.53. The minimum atomic E-state index is -1.14. The molecule has 4 nitrogen and oxygen atoms in total. The van der Waals surface area contributed by atoms with Gasteiger partial charge < -0.3 is 10.2 Å². The quantitative estimate of drug-likeness (QED) is 0.657. The summed E-state index contributed by atoms with van der Waals surface area (Å²) in [4.78, 5) is 14.4. The highest BCUT2D eigenvalue weighted by Gasteiger charge is 2.12. The average Bonchev–Trinajstić information content (AvgIpc) is 1.96. The van der Waals surface area contributed by atoms with Crippen molar-refractivity contribution in [1.29, 1.82) is 0 Å². The van der Waals surface area contributed by atoms with Crippen LogP contribution >= 0.6 is 0 Å². The first kappa shape index (κ1) is 8.52. The number of hydrogen-bond donors (Lipinski definition) is 2. The maximum absolute atomic E-state index is 10.5. The maximum atomic E-state index is 10.5. The Hall–Kier alpha value is -1.58.